The number of hydrogen-bond acceptors (Lipinski definition) is 1. The zero-order chi connectivity index (χ0) is 10.7. The number of hydrogen-bond donors (Lipinski definition) is 0. The van der Waals surface area contributed by atoms with Gasteiger partial charge in [0.1, 0.15) is 5.82 Å². The number of pyridine rings is 1. The average Bonchev–Trinajstić information content (AvgIpc) is 2.30. The molecule has 0 N–H and O–H groups in total. The van der Waals surface area contributed by atoms with E-state index in [0.29, 0.717) is 10.9 Å². The molecule has 1 aromatic heterocycles. The van der Waals surface area contributed by atoms with Gasteiger partial charge in [0, 0.05) is 23.3 Å². The maximum atomic E-state index is 13.6. The molecule has 0 amide bonds. The van der Waals surface area contributed by atoms with Crippen LogP contribution in [0.4, 0.5) is 4.39 Å². The first-order valence-corrected chi connectivity index (χ1v) is 5.69. The molecule has 0 bridgehead atoms. The van der Waals surface area contributed by atoms with Crippen LogP contribution < -0.4 is 0 Å². The zero-order valence-electron chi connectivity index (χ0n) is 7.95. The van der Waals surface area contributed by atoms with E-state index in [-0.39, 0.29) is 5.82 Å². The van der Waals surface area contributed by atoms with Crippen molar-refractivity contribution < 1.29 is 4.39 Å². The first-order chi connectivity index (χ1) is 7.33. The van der Waals surface area contributed by atoms with Crippen LogP contribution in [0.1, 0.15) is 5.56 Å². The molecule has 0 spiro atoms. The molecule has 2 aromatic rings. The molecule has 0 radical (unpaired) electrons. The van der Waals surface area contributed by atoms with Crippen molar-refractivity contribution >= 4 is 15.9 Å². The quantitative estimate of drug-likeness (QED) is 0.754. The van der Waals surface area contributed by atoms with Gasteiger partial charge in [0.2, 0.25) is 0 Å². The third-order valence-corrected chi connectivity index (χ3v) is 2.82. The van der Waals surface area contributed by atoms with Crippen molar-refractivity contribution in [1.29, 1.82) is 0 Å². The van der Waals surface area contributed by atoms with Crippen molar-refractivity contribution in [2.24, 2.45) is 0 Å². The smallest absolute Gasteiger partial charge is 0.131 e. The lowest BCUT2D eigenvalue weighted by atomic mass is 10.0. The Morgan fingerprint density at radius 3 is 2.67 bits per heavy atom. The fourth-order valence-corrected chi connectivity index (χ4v) is 1.92. The second kappa shape index (κ2) is 4.53. The predicted molar refractivity (Wildman–Crippen MR) is 62.3 cm³/mol. The Hall–Kier alpha value is -1.22. The Labute approximate surface area is 96.1 Å². The minimum atomic E-state index is -0.203. The van der Waals surface area contributed by atoms with Gasteiger partial charge < -0.3 is 0 Å². The summed E-state index contributed by atoms with van der Waals surface area (Å²) in [5.41, 5.74) is 2.50. The molecule has 3 heteroatoms. The molecular weight excluding hydrogens is 257 g/mol. The van der Waals surface area contributed by atoms with E-state index in [9.17, 15) is 4.39 Å². The zero-order valence-corrected chi connectivity index (χ0v) is 9.54. The van der Waals surface area contributed by atoms with Crippen LogP contribution in [0.15, 0.2) is 42.7 Å². The van der Waals surface area contributed by atoms with Gasteiger partial charge in [-0.3, -0.25) is 4.98 Å². The van der Waals surface area contributed by atoms with E-state index in [1.807, 2.05) is 12.1 Å². The van der Waals surface area contributed by atoms with E-state index in [0.717, 1.165) is 11.1 Å². The lowest BCUT2D eigenvalue weighted by molar-refractivity contribution is 0.631. The maximum Gasteiger partial charge on any atom is 0.131 e. The third kappa shape index (κ3) is 2.07. The molecule has 1 nitrogen and oxygen atoms in total. The molecule has 0 atom stereocenters. The summed E-state index contributed by atoms with van der Waals surface area (Å²) in [6.07, 6.45) is 3.42. The van der Waals surface area contributed by atoms with Crippen molar-refractivity contribution in [2.45, 2.75) is 5.33 Å². The highest BCUT2D eigenvalue weighted by molar-refractivity contribution is 9.08. The van der Waals surface area contributed by atoms with Gasteiger partial charge in [-0.05, 0) is 23.3 Å². The lowest BCUT2D eigenvalue weighted by Crippen LogP contribution is -1.90. The van der Waals surface area contributed by atoms with Crippen LogP contribution in [0.3, 0.4) is 0 Å². The average molecular weight is 266 g/mol. The Balaban J connectivity index is 2.59. The highest BCUT2D eigenvalue weighted by atomic mass is 79.9. The van der Waals surface area contributed by atoms with Gasteiger partial charge in [0.15, 0.2) is 0 Å². The number of alkyl halides is 1. The van der Waals surface area contributed by atoms with Gasteiger partial charge in [0.05, 0.1) is 0 Å². The fourth-order valence-electron chi connectivity index (χ4n) is 1.48. The van der Waals surface area contributed by atoms with E-state index in [1.54, 1.807) is 24.5 Å². The third-order valence-electron chi connectivity index (χ3n) is 2.21. The predicted octanol–water partition coefficient (Wildman–Crippen LogP) is 3.78. The van der Waals surface area contributed by atoms with Gasteiger partial charge in [-0.25, -0.2) is 4.39 Å². The highest BCUT2D eigenvalue weighted by Gasteiger charge is 2.07. The first-order valence-electron chi connectivity index (χ1n) is 4.56. The normalized spacial score (nSPS) is 10.3. The standard InChI is InChI=1S/C12H9BrFN/c13-7-9-8-15-6-5-10(9)11-3-1-2-4-12(11)14/h1-6,8H,7H2. The van der Waals surface area contributed by atoms with Gasteiger partial charge in [-0.1, -0.05) is 34.1 Å². The largest absolute Gasteiger partial charge is 0.264 e. The second-order valence-electron chi connectivity index (χ2n) is 3.15. The van der Waals surface area contributed by atoms with Crippen LogP contribution in [-0.4, -0.2) is 4.98 Å². The number of nitrogens with zero attached hydrogens (tertiary/aromatic N) is 1. The molecule has 1 heterocycles. The van der Waals surface area contributed by atoms with Gasteiger partial charge >= 0.3 is 0 Å². The highest BCUT2D eigenvalue weighted by Crippen LogP contribution is 2.26. The van der Waals surface area contributed by atoms with E-state index >= 15 is 0 Å². The van der Waals surface area contributed by atoms with Crippen molar-refractivity contribution in [1.82, 2.24) is 4.98 Å². The topological polar surface area (TPSA) is 12.9 Å². The summed E-state index contributed by atoms with van der Waals surface area (Å²) in [4.78, 5) is 4.02. The molecule has 15 heavy (non-hydrogen) atoms. The summed E-state index contributed by atoms with van der Waals surface area (Å²) in [5.74, 6) is -0.203. The fraction of sp³-hybridized carbons (Fsp3) is 0.0833. The number of rotatable bonds is 2. The van der Waals surface area contributed by atoms with E-state index in [1.165, 1.54) is 6.07 Å². The Bertz CT molecular complexity index is 471. The molecular formula is C12H9BrFN. The Morgan fingerprint density at radius 1 is 1.13 bits per heavy atom. The van der Waals surface area contributed by atoms with Gasteiger partial charge in [-0.15, -0.1) is 0 Å². The minimum absolute atomic E-state index is 0.203. The molecule has 1 aromatic carbocycles. The van der Waals surface area contributed by atoms with Gasteiger partial charge in [0.25, 0.3) is 0 Å². The molecule has 0 aliphatic heterocycles. The maximum absolute atomic E-state index is 13.6. The van der Waals surface area contributed by atoms with Crippen LogP contribution in [-0.2, 0) is 5.33 Å². The first kappa shape index (κ1) is 10.3. The van der Waals surface area contributed by atoms with Crippen LogP contribution in [0.25, 0.3) is 11.1 Å². The molecule has 76 valence electrons. The van der Waals surface area contributed by atoms with Crippen molar-refractivity contribution in [3.05, 3.63) is 54.1 Å². The molecule has 0 saturated carbocycles. The summed E-state index contributed by atoms with van der Waals surface area (Å²) in [7, 11) is 0. The summed E-state index contributed by atoms with van der Waals surface area (Å²) < 4.78 is 13.6. The van der Waals surface area contributed by atoms with Gasteiger partial charge in [-0.2, -0.15) is 0 Å². The van der Waals surface area contributed by atoms with Crippen LogP contribution >= 0.6 is 15.9 Å². The molecule has 0 fully saturated rings. The lowest BCUT2D eigenvalue weighted by Gasteiger charge is -2.07. The number of aromatic nitrogens is 1. The molecule has 0 saturated heterocycles. The summed E-state index contributed by atoms with van der Waals surface area (Å²) in [6.45, 7) is 0. The summed E-state index contributed by atoms with van der Waals surface area (Å²) >= 11 is 3.37. The van der Waals surface area contributed by atoms with Crippen molar-refractivity contribution in [3.8, 4) is 11.1 Å². The summed E-state index contributed by atoms with van der Waals surface area (Å²) in [6, 6.07) is 8.59. The van der Waals surface area contributed by atoms with E-state index in [4.69, 9.17) is 0 Å². The van der Waals surface area contributed by atoms with Crippen molar-refractivity contribution in [3.63, 3.8) is 0 Å². The molecule has 0 aliphatic carbocycles. The number of benzene rings is 1. The van der Waals surface area contributed by atoms with Crippen LogP contribution in [0.2, 0.25) is 0 Å². The molecule has 0 unspecified atom stereocenters. The van der Waals surface area contributed by atoms with Crippen LogP contribution in [0, 0.1) is 5.82 Å². The summed E-state index contributed by atoms with van der Waals surface area (Å²) in [5, 5.41) is 0.671. The van der Waals surface area contributed by atoms with Crippen LogP contribution in [0.5, 0.6) is 0 Å². The Kier molecular flexibility index (Phi) is 3.11. The second-order valence-corrected chi connectivity index (χ2v) is 3.71. The van der Waals surface area contributed by atoms with E-state index in [2.05, 4.69) is 20.9 Å². The monoisotopic (exact) mass is 265 g/mol. The molecule has 2 rings (SSSR count). The van der Waals surface area contributed by atoms with Crippen molar-refractivity contribution in [2.75, 3.05) is 0 Å². The van der Waals surface area contributed by atoms with E-state index < -0.39 is 0 Å². The Morgan fingerprint density at radius 2 is 1.93 bits per heavy atom. The SMILES string of the molecule is Fc1ccccc1-c1ccncc1CBr. The molecule has 0 aliphatic rings. The number of halogens is 2. The minimum Gasteiger partial charge on any atom is -0.264 e.